The average molecular weight is 480 g/mol. The Bertz CT molecular complexity index is 1370. The molecule has 4 heterocycles. The van der Waals surface area contributed by atoms with Crippen molar-refractivity contribution in [2.45, 2.75) is 6.42 Å². The van der Waals surface area contributed by atoms with E-state index in [1.807, 2.05) is 18.2 Å². The van der Waals surface area contributed by atoms with E-state index in [1.54, 1.807) is 36.1 Å². The Morgan fingerprint density at radius 3 is 2.79 bits per heavy atom. The summed E-state index contributed by atoms with van der Waals surface area (Å²) in [5.41, 5.74) is 4.63. The second-order valence-electron chi connectivity index (χ2n) is 8.04. The molecule has 0 aliphatic carbocycles. The van der Waals surface area contributed by atoms with Crippen molar-refractivity contribution in [3.8, 4) is 11.4 Å². The molecular formula is C24H23ClFN7O. The van der Waals surface area contributed by atoms with Crippen LogP contribution in [0, 0.1) is 5.82 Å². The van der Waals surface area contributed by atoms with E-state index in [-0.39, 0.29) is 10.9 Å². The van der Waals surface area contributed by atoms with Crippen LogP contribution < -0.4 is 15.5 Å². The van der Waals surface area contributed by atoms with E-state index in [9.17, 15) is 9.18 Å². The largest absolute Gasteiger partial charge is 0.351 e. The zero-order chi connectivity index (χ0) is 23.7. The number of nitrogens with zero attached hydrogens (tertiary/aromatic N) is 5. The topological polar surface area (TPSA) is 88.0 Å². The Morgan fingerprint density at radius 2 is 1.94 bits per heavy atom. The molecule has 8 nitrogen and oxygen atoms in total. The molecule has 2 N–H and O–H groups in total. The zero-order valence-electron chi connectivity index (χ0n) is 18.6. The summed E-state index contributed by atoms with van der Waals surface area (Å²) in [5, 5.41) is 10.9. The Balaban J connectivity index is 1.67. The molecule has 1 aromatic carbocycles. The highest BCUT2D eigenvalue weighted by Crippen LogP contribution is 2.33. The fraction of sp³-hybridized carbons (Fsp3) is 0.250. The molecule has 0 spiro atoms. The van der Waals surface area contributed by atoms with Gasteiger partial charge < -0.3 is 15.5 Å². The van der Waals surface area contributed by atoms with Gasteiger partial charge in [0.1, 0.15) is 22.7 Å². The first-order valence-corrected chi connectivity index (χ1v) is 11.4. The molecule has 4 bridgehead atoms. The first-order chi connectivity index (χ1) is 16.5. The van der Waals surface area contributed by atoms with Crippen LogP contribution in [0.15, 0.2) is 48.7 Å². The molecule has 0 saturated heterocycles. The van der Waals surface area contributed by atoms with Crippen molar-refractivity contribution in [1.82, 2.24) is 30.4 Å². The summed E-state index contributed by atoms with van der Waals surface area (Å²) in [6.45, 7) is 2.52. The van der Waals surface area contributed by atoms with Crippen LogP contribution in [0.4, 0.5) is 15.8 Å². The Morgan fingerprint density at radius 1 is 1.06 bits per heavy atom. The predicted octanol–water partition coefficient (Wildman–Crippen LogP) is 3.68. The quantitative estimate of drug-likeness (QED) is 0.433. The minimum absolute atomic E-state index is 0.0568. The lowest BCUT2D eigenvalue weighted by atomic mass is 10.2. The standard InChI is InChI=1S/C24H23ClFN7O/c1-32-22-14-20(31-32)18-5-6-19-23(30-18)21(7-10-28-19)33(15-3-4-17(26)16(25)13-15)12-11-27-8-2-9-29-24(22)34/h3-7,10,13-14,27H,2,8-9,11-12H2,1H3,(H,29,34). The van der Waals surface area contributed by atoms with E-state index in [4.69, 9.17) is 16.6 Å². The molecule has 5 rings (SSSR count). The number of fused-ring (bicyclic) bond motifs is 4. The maximum Gasteiger partial charge on any atom is 0.269 e. The van der Waals surface area contributed by atoms with Gasteiger partial charge in [-0.25, -0.2) is 9.37 Å². The fourth-order valence-electron chi connectivity index (χ4n) is 4.04. The third-order valence-electron chi connectivity index (χ3n) is 5.77. The Kier molecular flexibility index (Phi) is 6.12. The number of carbonyl (C=O) groups excluding carboxylic acids is 1. The monoisotopic (exact) mass is 479 g/mol. The average Bonchev–Trinajstić information content (AvgIpc) is 3.23. The lowest BCUT2D eigenvalue weighted by Gasteiger charge is -2.26. The smallest absolute Gasteiger partial charge is 0.269 e. The number of hydrogen-bond acceptors (Lipinski definition) is 6. The van der Waals surface area contributed by atoms with E-state index in [1.165, 1.54) is 6.07 Å². The number of amides is 1. The van der Waals surface area contributed by atoms with Gasteiger partial charge in [-0.15, -0.1) is 0 Å². The van der Waals surface area contributed by atoms with E-state index in [2.05, 4.69) is 25.6 Å². The molecule has 1 amide bonds. The van der Waals surface area contributed by atoms with Crippen LogP contribution in [-0.2, 0) is 7.05 Å². The molecule has 0 unspecified atom stereocenters. The second kappa shape index (κ2) is 9.36. The highest BCUT2D eigenvalue weighted by Gasteiger charge is 2.19. The van der Waals surface area contributed by atoms with Crippen LogP contribution in [0.2, 0.25) is 5.02 Å². The molecule has 1 aliphatic heterocycles. The molecule has 10 heteroatoms. The van der Waals surface area contributed by atoms with Crippen LogP contribution in [0.5, 0.6) is 0 Å². The van der Waals surface area contributed by atoms with Gasteiger partial charge in [0.2, 0.25) is 0 Å². The van der Waals surface area contributed by atoms with Crippen molar-refractivity contribution in [2.75, 3.05) is 31.1 Å². The van der Waals surface area contributed by atoms with Gasteiger partial charge in [0.25, 0.3) is 5.91 Å². The number of aromatic nitrogens is 4. The molecular weight excluding hydrogens is 457 g/mol. The maximum atomic E-state index is 13.9. The third-order valence-corrected chi connectivity index (χ3v) is 6.06. The highest BCUT2D eigenvalue weighted by atomic mass is 35.5. The predicted molar refractivity (Wildman–Crippen MR) is 130 cm³/mol. The minimum atomic E-state index is -0.467. The van der Waals surface area contributed by atoms with E-state index >= 15 is 0 Å². The summed E-state index contributed by atoms with van der Waals surface area (Å²) in [6.07, 6.45) is 2.51. The highest BCUT2D eigenvalue weighted by molar-refractivity contribution is 6.31. The number of benzene rings is 1. The summed E-state index contributed by atoms with van der Waals surface area (Å²) in [6, 6.07) is 12.0. The van der Waals surface area contributed by atoms with Gasteiger partial charge in [0, 0.05) is 38.6 Å². The normalized spacial score (nSPS) is 15.0. The minimum Gasteiger partial charge on any atom is -0.351 e. The number of anilines is 2. The molecule has 0 radical (unpaired) electrons. The van der Waals surface area contributed by atoms with Gasteiger partial charge in [-0.1, -0.05) is 11.6 Å². The van der Waals surface area contributed by atoms with Gasteiger partial charge in [0.15, 0.2) is 0 Å². The first kappa shape index (κ1) is 22.2. The second-order valence-corrected chi connectivity index (χ2v) is 8.45. The van der Waals surface area contributed by atoms with Crippen molar-refractivity contribution in [1.29, 1.82) is 0 Å². The number of pyridine rings is 2. The molecule has 0 atom stereocenters. The van der Waals surface area contributed by atoms with Crippen molar-refractivity contribution >= 4 is 39.9 Å². The van der Waals surface area contributed by atoms with Crippen molar-refractivity contribution in [3.63, 3.8) is 0 Å². The molecule has 1 aliphatic rings. The van der Waals surface area contributed by atoms with Crippen LogP contribution in [0.25, 0.3) is 22.4 Å². The van der Waals surface area contributed by atoms with Crippen molar-refractivity contribution in [2.24, 2.45) is 7.05 Å². The van der Waals surface area contributed by atoms with E-state index < -0.39 is 5.82 Å². The summed E-state index contributed by atoms with van der Waals surface area (Å²) in [5.74, 6) is -0.637. The summed E-state index contributed by atoms with van der Waals surface area (Å²) >= 11 is 6.12. The molecule has 4 aromatic rings. The maximum absolute atomic E-state index is 13.9. The van der Waals surface area contributed by atoms with Gasteiger partial charge >= 0.3 is 0 Å². The molecule has 0 saturated carbocycles. The van der Waals surface area contributed by atoms with Crippen molar-refractivity contribution < 1.29 is 9.18 Å². The van der Waals surface area contributed by atoms with Crippen LogP contribution in [-0.4, -0.2) is 51.8 Å². The van der Waals surface area contributed by atoms with Gasteiger partial charge in [-0.3, -0.25) is 14.5 Å². The number of carbonyl (C=O) groups is 1. The zero-order valence-corrected chi connectivity index (χ0v) is 19.3. The molecule has 34 heavy (non-hydrogen) atoms. The number of nitrogens with one attached hydrogen (secondary N) is 2. The van der Waals surface area contributed by atoms with Crippen LogP contribution in [0.3, 0.4) is 0 Å². The molecule has 0 fully saturated rings. The molecule has 3 aromatic heterocycles. The summed E-state index contributed by atoms with van der Waals surface area (Å²) < 4.78 is 15.5. The van der Waals surface area contributed by atoms with Gasteiger partial charge in [-0.05, 0) is 55.4 Å². The first-order valence-electron chi connectivity index (χ1n) is 11.0. The number of hydrogen-bond donors (Lipinski definition) is 2. The summed E-state index contributed by atoms with van der Waals surface area (Å²) in [7, 11) is 1.74. The van der Waals surface area contributed by atoms with Crippen LogP contribution >= 0.6 is 11.6 Å². The lowest BCUT2D eigenvalue weighted by Crippen LogP contribution is -2.32. The van der Waals surface area contributed by atoms with E-state index in [0.29, 0.717) is 47.7 Å². The van der Waals surface area contributed by atoms with Crippen molar-refractivity contribution in [3.05, 3.63) is 65.2 Å². The lowest BCUT2D eigenvalue weighted by molar-refractivity contribution is 0.0944. The number of rotatable bonds is 1. The summed E-state index contributed by atoms with van der Waals surface area (Å²) in [4.78, 5) is 24.0. The number of halogens is 2. The fourth-order valence-corrected chi connectivity index (χ4v) is 4.22. The van der Waals surface area contributed by atoms with Gasteiger partial charge in [0.05, 0.1) is 21.9 Å². The van der Waals surface area contributed by atoms with Crippen LogP contribution in [0.1, 0.15) is 16.9 Å². The van der Waals surface area contributed by atoms with Gasteiger partial charge in [-0.2, -0.15) is 5.10 Å². The third kappa shape index (κ3) is 4.32. The Hall–Kier alpha value is -3.56. The molecule has 174 valence electrons. The van der Waals surface area contributed by atoms with E-state index in [0.717, 1.165) is 24.3 Å². The SMILES string of the molecule is Cn1nc2cc1C(=O)NCCCNCCN(c1ccc(F)c(Cl)c1)c1ccnc3ccc-2nc13. The number of aryl methyl sites for hydroxylation is 1. The Labute approximate surface area is 200 Å².